The minimum Gasteiger partial charge on any atom is -0.507 e. The summed E-state index contributed by atoms with van der Waals surface area (Å²) in [7, 11) is 0. The number of carbonyl (C=O) groups is 1. The van der Waals surface area contributed by atoms with Gasteiger partial charge in [0.15, 0.2) is 17.5 Å². The number of hydrogen-bond acceptors (Lipinski definition) is 2. The smallest absolute Gasteiger partial charge is 0.259 e. The van der Waals surface area contributed by atoms with Gasteiger partial charge in [0, 0.05) is 21.4 Å². The van der Waals surface area contributed by atoms with E-state index in [1.165, 1.54) is 12.1 Å². The molecule has 2 N–H and O–H groups in total. The van der Waals surface area contributed by atoms with Crippen molar-refractivity contribution in [1.82, 2.24) is 0 Å². The Bertz CT molecular complexity index is 668. The maximum Gasteiger partial charge on any atom is 0.259 e. The molecule has 0 heterocycles. The van der Waals surface area contributed by atoms with Crippen LogP contribution >= 0.6 is 22.6 Å². The molecule has 0 aliphatic carbocycles. The summed E-state index contributed by atoms with van der Waals surface area (Å²) in [5.74, 6) is -5.46. The molecule has 7 heteroatoms. The summed E-state index contributed by atoms with van der Waals surface area (Å²) < 4.78 is 39.5. The van der Waals surface area contributed by atoms with Gasteiger partial charge in [0.1, 0.15) is 5.75 Å². The largest absolute Gasteiger partial charge is 0.507 e. The highest BCUT2D eigenvalue weighted by Crippen LogP contribution is 2.22. The number of phenols is 1. The van der Waals surface area contributed by atoms with Gasteiger partial charge in [-0.3, -0.25) is 4.79 Å². The standard InChI is InChI=1S/C13H7F3INO2/c14-9-4-7(5-10(15)12(9)16)18-13(20)8-3-6(17)1-2-11(8)19/h1-5,19H,(H,18,20). The second kappa shape index (κ2) is 5.70. The van der Waals surface area contributed by atoms with Crippen LogP contribution in [0.25, 0.3) is 0 Å². The summed E-state index contributed by atoms with van der Waals surface area (Å²) in [5, 5.41) is 11.8. The zero-order chi connectivity index (χ0) is 14.9. The maximum absolute atomic E-state index is 13.0. The summed E-state index contributed by atoms with van der Waals surface area (Å²) in [5.41, 5.74) is -0.299. The van der Waals surface area contributed by atoms with Crippen molar-refractivity contribution in [3.8, 4) is 5.75 Å². The second-order valence-corrected chi connectivity index (χ2v) is 5.12. The highest BCUT2D eigenvalue weighted by atomic mass is 127. The van der Waals surface area contributed by atoms with Crippen LogP contribution in [0.15, 0.2) is 30.3 Å². The number of carbonyl (C=O) groups excluding carboxylic acids is 1. The van der Waals surface area contributed by atoms with Crippen molar-refractivity contribution in [2.75, 3.05) is 5.32 Å². The van der Waals surface area contributed by atoms with Gasteiger partial charge >= 0.3 is 0 Å². The summed E-state index contributed by atoms with van der Waals surface area (Å²) in [6.07, 6.45) is 0. The summed E-state index contributed by atoms with van der Waals surface area (Å²) in [4.78, 5) is 11.9. The van der Waals surface area contributed by atoms with Gasteiger partial charge in [-0.25, -0.2) is 13.2 Å². The molecule has 0 unspecified atom stereocenters. The van der Waals surface area contributed by atoms with Crippen LogP contribution in [-0.2, 0) is 0 Å². The normalized spacial score (nSPS) is 10.4. The van der Waals surface area contributed by atoms with Gasteiger partial charge in [-0.05, 0) is 40.8 Å². The molecule has 0 saturated carbocycles. The molecule has 0 aromatic heterocycles. The number of phenolic OH excluding ortho intramolecular Hbond substituents is 1. The van der Waals surface area contributed by atoms with Crippen LogP contribution in [-0.4, -0.2) is 11.0 Å². The van der Waals surface area contributed by atoms with Gasteiger partial charge in [0.2, 0.25) is 0 Å². The number of nitrogens with one attached hydrogen (secondary N) is 1. The van der Waals surface area contributed by atoms with E-state index in [-0.39, 0.29) is 17.0 Å². The number of aromatic hydroxyl groups is 1. The van der Waals surface area contributed by atoms with E-state index < -0.39 is 23.4 Å². The SMILES string of the molecule is O=C(Nc1cc(F)c(F)c(F)c1)c1cc(I)ccc1O. The van der Waals surface area contributed by atoms with Gasteiger partial charge in [0.05, 0.1) is 5.56 Å². The van der Waals surface area contributed by atoms with Crippen LogP contribution in [0.1, 0.15) is 10.4 Å². The molecule has 0 atom stereocenters. The predicted molar refractivity (Wildman–Crippen MR) is 75.1 cm³/mol. The predicted octanol–water partition coefficient (Wildman–Crippen LogP) is 3.67. The fraction of sp³-hybridized carbons (Fsp3) is 0. The topological polar surface area (TPSA) is 49.3 Å². The Morgan fingerprint density at radius 1 is 1.10 bits per heavy atom. The van der Waals surface area contributed by atoms with Crippen molar-refractivity contribution in [1.29, 1.82) is 0 Å². The Morgan fingerprint density at radius 2 is 1.70 bits per heavy atom. The molecule has 0 aliphatic rings. The van der Waals surface area contributed by atoms with Gasteiger partial charge in [-0.15, -0.1) is 0 Å². The van der Waals surface area contributed by atoms with E-state index in [2.05, 4.69) is 5.32 Å². The zero-order valence-corrected chi connectivity index (χ0v) is 11.9. The lowest BCUT2D eigenvalue weighted by Crippen LogP contribution is -2.13. The number of halogens is 4. The lowest BCUT2D eigenvalue weighted by molar-refractivity contribution is 0.102. The van der Waals surface area contributed by atoms with Gasteiger partial charge in [0.25, 0.3) is 5.91 Å². The first kappa shape index (κ1) is 14.6. The Balaban J connectivity index is 2.30. The molecule has 0 fully saturated rings. The van der Waals surface area contributed by atoms with Crippen molar-refractivity contribution in [3.05, 3.63) is 56.9 Å². The Labute approximate surface area is 125 Å². The number of benzene rings is 2. The molecule has 2 rings (SSSR count). The fourth-order valence-electron chi connectivity index (χ4n) is 1.52. The van der Waals surface area contributed by atoms with Crippen molar-refractivity contribution in [2.45, 2.75) is 0 Å². The second-order valence-electron chi connectivity index (χ2n) is 3.87. The summed E-state index contributed by atoms with van der Waals surface area (Å²) in [6, 6.07) is 5.62. The molecule has 0 spiro atoms. The fourth-order valence-corrected chi connectivity index (χ4v) is 2.01. The van der Waals surface area contributed by atoms with Crippen molar-refractivity contribution in [2.24, 2.45) is 0 Å². The van der Waals surface area contributed by atoms with Crippen LogP contribution in [0.2, 0.25) is 0 Å². The minimum atomic E-state index is -1.61. The average molecular weight is 393 g/mol. The molecular formula is C13H7F3INO2. The molecule has 0 saturated heterocycles. The van der Waals surface area contributed by atoms with Crippen LogP contribution in [0.5, 0.6) is 5.75 Å². The van der Waals surface area contributed by atoms with Gasteiger partial charge < -0.3 is 10.4 Å². The molecule has 104 valence electrons. The molecule has 0 aliphatic heterocycles. The Morgan fingerprint density at radius 3 is 2.30 bits per heavy atom. The summed E-state index contributed by atoms with van der Waals surface area (Å²) >= 11 is 1.94. The molecule has 0 radical (unpaired) electrons. The minimum absolute atomic E-state index is 0.0537. The van der Waals surface area contributed by atoms with Gasteiger partial charge in [-0.1, -0.05) is 0 Å². The first-order chi connectivity index (χ1) is 9.38. The van der Waals surface area contributed by atoms with Crippen LogP contribution < -0.4 is 5.32 Å². The third kappa shape index (κ3) is 3.03. The van der Waals surface area contributed by atoms with E-state index in [4.69, 9.17) is 0 Å². The quantitative estimate of drug-likeness (QED) is 0.605. The molecular weight excluding hydrogens is 386 g/mol. The first-order valence-electron chi connectivity index (χ1n) is 5.33. The Kier molecular flexibility index (Phi) is 4.17. The number of rotatable bonds is 2. The lowest BCUT2D eigenvalue weighted by Gasteiger charge is -2.08. The van der Waals surface area contributed by atoms with E-state index in [1.807, 2.05) is 22.6 Å². The van der Waals surface area contributed by atoms with E-state index in [0.717, 1.165) is 0 Å². The monoisotopic (exact) mass is 393 g/mol. The highest BCUT2D eigenvalue weighted by molar-refractivity contribution is 14.1. The van der Waals surface area contributed by atoms with Crippen LogP contribution in [0.3, 0.4) is 0 Å². The molecule has 3 nitrogen and oxygen atoms in total. The summed E-state index contributed by atoms with van der Waals surface area (Å²) in [6.45, 7) is 0. The van der Waals surface area contributed by atoms with Gasteiger partial charge in [-0.2, -0.15) is 0 Å². The van der Waals surface area contributed by atoms with Crippen molar-refractivity contribution >= 4 is 34.2 Å². The molecule has 0 bridgehead atoms. The lowest BCUT2D eigenvalue weighted by atomic mass is 10.2. The third-order valence-corrected chi connectivity index (χ3v) is 3.12. The number of hydrogen-bond donors (Lipinski definition) is 2. The molecule has 2 aromatic carbocycles. The molecule has 1 amide bonds. The van der Waals surface area contributed by atoms with E-state index in [9.17, 15) is 23.1 Å². The maximum atomic E-state index is 13.0. The molecule has 2 aromatic rings. The van der Waals surface area contributed by atoms with Crippen molar-refractivity contribution in [3.63, 3.8) is 0 Å². The van der Waals surface area contributed by atoms with Crippen LogP contribution in [0.4, 0.5) is 18.9 Å². The highest BCUT2D eigenvalue weighted by Gasteiger charge is 2.15. The third-order valence-electron chi connectivity index (χ3n) is 2.44. The van der Waals surface area contributed by atoms with E-state index in [0.29, 0.717) is 15.7 Å². The Hall–Kier alpha value is -1.77. The zero-order valence-electron chi connectivity index (χ0n) is 9.75. The first-order valence-corrected chi connectivity index (χ1v) is 6.41. The van der Waals surface area contributed by atoms with E-state index in [1.54, 1.807) is 6.07 Å². The average Bonchev–Trinajstić information content (AvgIpc) is 2.38. The molecule has 20 heavy (non-hydrogen) atoms. The van der Waals surface area contributed by atoms with Crippen LogP contribution in [0, 0.1) is 21.0 Å². The number of amides is 1. The van der Waals surface area contributed by atoms with E-state index >= 15 is 0 Å². The number of anilines is 1. The van der Waals surface area contributed by atoms with Crippen molar-refractivity contribution < 1.29 is 23.1 Å².